The van der Waals surface area contributed by atoms with Gasteiger partial charge < -0.3 is 10.2 Å². The Morgan fingerprint density at radius 2 is 1.94 bits per heavy atom. The van der Waals surface area contributed by atoms with Gasteiger partial charge >= 0.3 is 0 Å². The van der Waals surface area contributed by atoms with Gasteiger partial charge in [-0.1, -0.05) is 30.3 Å². The number of benzene rings is 1. The van der Waals surface area contributed by atoms with Gasteiger partial charge in [0.2, 0.25) is 0 Å². The van der Waals surface area contributed by atoms with Crippen molar-refractivity contribution in [2.24, 2.45) is 0 Å². The summed E-state index contributed by atoms with van der Waals surface area (Å²) < 4.78 is 0. The van der Waals surface area contributed by atoms with Gasteiger partial charge in [0.1, 0.15) is 5.82 Å². The second kappa shape index (κ2) is 7.00. The van der Waals surface area contributed by atoms with Crippen LogP contribution in [-0.2, 0) is 12.8 Å². The summed E-state index contributed by atoms with van der Waals surface area (Å²) in [5, 5.41) is 13.6. The molecule has 0 aliphatic rings. The van der Waals surface area contributed by atoms with E-state index in [1.165, 1.54) is 5.56 Å². The fraction of sp³-hybridized carbons (Fsp3) is 0.182. The van der Waals surface area contributed by atoms with Crippen LogP contribution in [0.3, 0.4) is 0 Å². The number of imidazole rings is 1. The maximum atomic E-state index is 8.36. The summed E-state index contributed by atoms with van der Waals surface area (Å²) in [6, 6.07) is 10.5. The van der Waals surface area contributed by atoms with Gasteiger partial charge in [0.15, 0.2) is 0 Å². The molecule has 6 nitrogen and oxygen atoms in total. The summed E-state index contributed by atoms with van der Waals surface area (Å²) in [4.78, 5) is 15.6. The van der Waals surface area contributed by atoms with Crippen molar-refractivity contribution < 1.29 is 10.3 Å². The minimum absolute atomic E-state index is 0.983. The zero-order chi connectivity index (χ0) is 12.5. The van der Waals surface area contributed by atoms with Crippen LogP contribution in [0.4, 0.5) is 0 Å². The molecular formula is C11H13N3O3. The van der Waals surface area contributed by atoms with E-state index < -0.39 is 5.09 Å². The molecule has 0 amide bonds. The standard InChI is InChI=1S/C11H12N2.HNO3/c1-2-4-10(5-3-1)6-7-11-12-8-9-13-11;2-1(3)4/h1-5,8-9H,6-7H2,(H,12,13);(H,2,3,4). The van der Waals surface area contributed by atoms with Crippen molar-refractivity contribution in [3.05, 3.63) is 64.2 Å². The molecule has 0 saturated heterocycles. The van der Waals surface area contributed by atoms with Crippen molar-refractivity contribution in [2.45, 2.75) is 12.8 Å². The predicted molar refractivity (Wildman–Crippen MR) is 61.2 cm³/mol. The third-order valence-electron chi connectivity index (χ3n) is 2.05. The molecule has 90 valence electrons. The Labute approximate surface area is 98.1 Å². The summed E-state index contributed by atoms with van der Waals surface area (Å²) in [5.41, 5.74) is 1.36. The van der Waals surface area contributed by atoms with Gasteiger partial charge in [-0.2, -0.15) is 0 Å². The Morgan fingerprint density at radius 1 is 1.29 bits per heavy atom. The van der Waals surface area contributed by atoms with Crippen LogP contribution in [0.1, 0.15) is 11.4 Å². The van der Waals surface area contributed by atoms with Crippen molar-refractivity contribution in [1.29, 1.82) is 0 Å². The van der Waals surface area contributed by atoms with Crippen molar-refractivity contribution in [1.82, 2.24) is 9.97 Å². The maximum Gasteiger partial charge on any atom is 0.291 e. The summed E-state index contributed by atoms with van der Waals surface area (Å²) in [5.74, 6) is 1.06. The summed E-state index contributed by atoms with van der Waals surface area (Å²) >= 11 is 0. The zero-order valence-electron chi connectivity index (χ0n) is 9.11. The van der Waals surface area contributed by atoms with E-state index in [4.69, 9.17) is 15.3 Å². The predicted octanol–water partition coefficient (Wildman–Crippen LogP) is 1.85. The van der Waals surface area contributed by atoms with Crippen LogP contribution in [0.5, 0.6) is 0 Å². The number of aromatic amines is 1. The van der Waals surface area contributed by atoms with Gasteiger partial charge in [-0.15, -0.1) is 10.1 Å². The smallest absolute Gasteiger partial charge is 0.291 e. The molecule has 0 bridgehead atoms. The van der Waals surface area contributed by atoms with Crippen LogP contribution in [0.2, 0.25) is 0 Å². The first kappa shape index (κ1) is 12.7. The van der Waals surface area contributed by atoms with Crippen molar-refractivity contribution in [3.63, 3.8) is 0 Å². The molecule has 1 aromatic heterocycles. The molecule has 0 aliphatic heterocycles. The van der Waals surface area contributed by atoms with E-state index in [0.29, 0.717) is 0 Å². The number of nitrogens with zero attached hydrogens (tertiary/aromatic N) is 2. The first-order valence-electron chi connectivity index (χ1n) is 5.04. The lowest BCUT2D eigenvalue weighted by Gasteiger charge is -1.97. The number of H-pyrrole nitrogens is 1. The van der Waals surface area contributed by atoms with Crippen molar-refractivity contribution >= 4 is 0 Å². The Hall–Kier alpha value is -2.37. The fourth-order valence-electron chi connectivity index (χ4n) is 1.34. The van der Waals surface area contributed by atoms with E-state index in [1.54, 1.807) is 6.20 Å². The SMILES string of the molecule is O=[N+]([O-])O.c1ccc(CCc2ncc[nH]2)cc1. The summed E-state index contributed by atoms with van der Waals surface area (Å²) in [6.07, 6.45) is 5.69. The molecule has 6 heteroatoms. The molecule has 0 spiro atoms. The molecule has 0 fully saturated rings. The molecule has 0 unspecified atom stereocenters. The van der Waals surface area contributed by atoms with E-state index in [1.807, 2.05) is 12.3 Å². The lowest BCUT2D eigenvalue weighted by atomic mass is 10.1. The number of hydrogen-bond donors (Lipinski definition) is 2. The van der Waals surface area contributed by atoms with Crippen LogP contribution in [0, 0.1) is 10.1 Å². The lowest BCUT2D eigenvalue weighted by Crippen LogP contribution is -1.92. The van der Waals surface area contributed by atoms with E-state index >= 15 is 0 Å². The van der Waals surface area contributed by atoms with Crippen molar-refractivity contribution in [2.75, 3.05) is 0 Å². The first-order chi connectivity index (χ1) is 8.18. The molecule has 0 aliphatic carbocycles. The van der Waals surface area contributed by atoms with Gasteiger partial charge in [0.25, 0.3) is 5.09 Å². The highest BCUT2D eigenvalue weighted by atomic mass is 16.9. The quantitative estimate of drug-likeness (QED) is 0.627. The number of aromatic nitrogens is 2. The van der Waals surface area contributed by atoms with Crippen LogP contribution in [-0.4, -0.2) is 20.3 Å². The Morgan fingerprint density at radius 3 is 2.47 bits per heavy atom. The molecule has 2 rings (SSSR count). The molecule has 2 N–H and O–H groups in total. The Balaban J connectivity index is 0.000000317. The highest BCUT2D eigenvalue weighted by Gasteiger charge is 1.95. The average molecular weight is 235 g/mol. The molecule has 1 aromatic carbocycles. The highest BCUT2D eigenvalue weighted by Crippen LogP contribution is 2.02. The zero-order valence-corrected chi connectivity index (χ0v) is 9.11. The summed E-state index contributed by atoms with van der Waals surface area (Å²) in [7, 11) is 0. The molecule has 1 heterocycles. The van der Waals surface area contributed by atoms with Crippen LogP contribution in [0.15, 0.2) is 42.7 Å². The topological polar surface area (TPSA) is 92.1 Å². The van der Waals surface area contributed by atoms with Crippen LogP contribution >= 0.6 is 0 Å². The molecule has 0 radical (unpaired) electrons. The lowest BCUT2D eigenvalue weighted by molar-refractivity contribution is -0.742. The average Bonchev–Trinajstić information content (AvgIpc) is 2.80. The molecular weight excluding hydrogens is 222 g/mol. The first-order valence-corrected chi connectivity index (χ1v) is 5.04. The second-order valence-corrected chi connectivity index (χ2v) is 3.26. The molecule has 0 saturated carbocycles. The minimum Gasteiger partial charge on any atom is -0.349 e. The van der Waals surface area contributed by atoms with Gasteiger partial charge in [-0.3, -0.25) is 0 Å². The highest BCUT2D eigenvalue weighted by molar-refractivity contribution is 5.15. The second-order valence-electron chi connectivity index (χ2n) is 3.26. The molecule has 17 heavy (non-hydrogen) atoms. The Kier molecular flexibility index (Phi) is 5.23. The molecule has 2 aromatic rings. The number of nitrogens with one attached hydrogen (secondary N) is 1. The Bertz CT molecular complexity index is 424. The van der Waals surface area contributed by atoms with Crippen LogP contribution < -0.4 is 0 Å². The maximum absolute atomic E-state index is 8.36. The third-order valence-corrected chi connectivity index (χ3v) is 2.05. The van der Waals surface area contributed by atoms with Crippen molar-refractivity contribution in [3.8, 4) is 0 Å². The minimum atomic E-state index is -1.50. The normalized spacial score (nSPS) is 9.18. The van der Waals surface area contributed by atoms with Gasteiger partial charge in [0, 0.05) is 18.8 Å². The van der Waals surface area contributed by atoms with E-state index in [2.05, 4.69) is 34.2 Å². The monoisotopic (exact) mass is 235 g/mol. The van der Waals surface area contributed by atoms with Gasteiger partial charge in [0.05, 0.1) is 0 Å². The number of aryl methyl sites for hydroxylation is 2. The van der Waals surface area contributed by atoms with E-state index in [9.17, 15) is 0 Å². The van der Waals surface area contributed by atoms with Gasteiger partial charge in [-0.05, 0) is 12.0 Å². The third kappa shape index (κ3) is 5.93. The van der Waals surface area contributed by atoms with E-state index in [-0.39, 0.29) is 0 Å². The van der Waals surface area contributed by atoms with Gasteiger partial charge in [-0.25, -0.2) is 4.98 Å². The number of rotatable bonds is 3. The largest absolute Gasteiger partial charge is 0.349 e. The fourth-order valence-corrected chi connectivity index (χ4v) is 1.34. The number of hydrogen-bond acceptors (Lipinski definition) is 3. The molecule has 0 atom stereocenters. The van der Waals surface area contributed by atoms with Crippen LogP contribution in [0.25, 0.3) is 0 Å². The summed E-state index contributed by atoms with van der Waals surface area (Å²) in [6.45, 7) is 0. The van der Waals surface area contributed by atoms with E-state index in [0.717, 1.165) is 18.7 Å².